The molecule has 1 aromatic carbocycles. The minimum atomic E-state index is -0.468. The second-order valence-electron chi connectivity index (χ2n) is 4.78. The van der Waals surface area contributed by atoms with Gasteiger partial charge in [0.25, 0.3) is 0 Å². The molecule has 1 aliphatic rings. The fourth-order valence-electron chi connectivity index (χ4n) is 2.48. The summed E-state index contributed by atoms with van der Waals surface area (Å²) in [6.07, 6.45) is 3.95. The highest BCUT2D eigenvalue weighted by Gasteiger charge is 2.51. The summed E-state index contributed by atoms with van der Waals surface area (Å²) in [4.78, 5) is 0. The standard InChI is InChI=1S/C14H20O2/c1-3-6-12-10-14(12,15)9-11-7-4-5-8-13(11)16-2/h4-5,7-8,12,15H,3,6,9-10H2,1-2H3. The highest BCUT2D eigenvalue weighted by molar-refractivity contribution is 5.35. The Morgan fingerprint density at radius 2 is 2.19 bits per heavy atom. The highest BCUT2D eigenvalue weighted by Crippen LogP contribution is 2.49. The highest BCUT2D eigenvalue weighted by atomic mass is 16.5. The van der Waals surface area contributed by atoms with Gasteiger partial charge in [0.15, 0.2) is 0 Å². The number of aliphatic hydroxyl groups is 1. The zero-order chi connectivity index (χ0) is 11.6. The predicted octanol–water partition coefficient (Wildman–Crippen LogP) is 2.79. The van der Waals surface area contributed by atoms with Crippen LogP contribution in [0, 0.1) is 5.92 Å². The quantitative estimate of drug-likeness (QED) is 0.826. The third-order valence-corrected chi connectivity index (χ3v) is 3.53. The lowest BCUT2D eigenvalue weighted by Gasteiger charge is -2.13. The van der Waals surface area contributed by atoms with Crippen LogP contribution in [0.4, 0.5) is 0 Å². The van der Waals surface area contributed by atoms with Crippen LogP contribution in [0.5, 0.6) is 5.75 Å². The second-order valence-corrected chi connectivity index (χ2v) is 4.78. The van der Waals surface area contributed by atoms with Crippen molar-refractivity contribution in [2.24, 2.45) is 5.92 Å². The lowest BCUT2D eigenvalue weighted by molar-refractivity contribution is 0.128. The largest absolute Gasteiger partial charge is 0.496 e. The van der Waals surface area contributed by atoms with Gasteiger partial charge in [-0.15, -0.1) is 0 Å². The Morgan fingerprint density at radius 1 is 1.44 bits per heavy atom. The molecule has 0 heterocycles. The zero-order valence-corrected chi connectivity index (χ0v) is 10.1. The van der Waals surface area contributed by atoms with Gasteiger partial charge in [0.1, 0.15) is 5.75 Å². The summed E-state index contributed by atoms with van der Waals surface area (Å²) in [7, 11) is 1.68. The number of hydrogen-bond acceptors (Lipinski definition) is 2. The smallest absolute Gasteiger partial charge is 0.122 e. The Bertz CT molecular complexity index is 362. The van der Waals surface area contributed by atoms with E-state index in [0.717, 1.165) is 37.0 Å². The van der Waals surface area contributed by atoms with Crippen molar-refractivity contribution in [2.75, 3.05) is 7.11 Å². The minimum absolute atomic E-state index is 0.468. The van der Waals surface area contributed by atoms with Crippen molar-refractivity contribution in [3.05, 3.63) is 29.8 Å². The Kier molecular flexibility index (Phi) is 3.20. The molecule has 1 aromatic rings. The molecule has 88 valence electrons. The molecule has 2 nitrogen and oxygen atoms in total. The molecule has 2 rings (SSSR count). The third-order valence-electron chi connectivity index (χ3n) is 3.53. The lowest BCUT2D eigenvalue weighted by Crippen LogP contribution is -2.15. The van der Waals surface area contributed by atoms with Gasteiger partial charge in [-0.05, 0) is 30.4 Å². The van der Waals surface area contributed by atoms with Gasteiger partial charge in [0.05, 0.1) is 12.7 Å². The first-order valence-corrected chi connectivity index (χ1v) is 6.04. The molecule has 0 bridgehead atoms. The summed E-state index contributed by atoms with van der Waals surface area (Å²) in [5.74, 6) is 1.38. The van der Waals surface area contributed by atoms with Crippen LogP contribution in [0.2, 0.25) is 0 Å². The van der Waals surface area contributed by atoms with Gasteiger partial charge in [0, 0.05) is 6.42 Å². The molecule has 2 unspecified atom stereocenters. The van der Waals surface area contributed by atoms with Crippen molar-refractivity contribution in [1.29, 1.82) is 0 Å². The normalized spacial score (nSPS) is 27.8. The van der Waals surface area contributed by atoms with E-state index < -0.39 is 5.60 Å². The fraction of sp³-hybridized carbons (Fsp3) is 0.571. The number of methoxy groups -OCH3 is 1. The van der Waals surface area contributed by atoms with Crippen molar-refractivity contribution in [3.63, 3.8) is 0 Å². The number of hydrogen-bond donors (Lipinski definition) is 1. The molecule has 16 heavy (non-hydrogen) atoms. The first-order chi connectivity index (χ1) is 7.69. The average Bonchev–Trinajstić information content (AvgIpc) is 2.90. The van der Waals surface area contributed by atoms with Gasteiger partial charge in [-0.1, -0.05) is 31.5 Å². The van der Waals surface area contributed by atoms with E-state index in [1.807, 2.05) is 24.3 Å². The van der Waals surface area contributed by atoms with Crippen molar-refractivity contribution in [1.82, 2.24) is 0 Å². The third kappa shape index (κ3) is 2.22. The molecule has 2 atom stereocenters. The Hall–Kier alpha value is -1.02. The number of para-hydroxylation sites is 1. The van der Waals surface area contributed by atoms with Gasteiger partial charge in [-0.2, -0.15) is 0 Å². The maximum absolute atomic E-state index is 10.3. The zero-order valence-electron chi connectivity index (χ0n) is 10.1. The van der Waals surface area contributed by atoms with E-state index in [4.69, 9.17) is 4.74 Å². The van der Waals surface area contributed by atoms with Crippen LogP contribution in [0.1, 0.15) is 31.7 Å². The van der Waals surface area contributed by atoms with Gasteiger partial charge >= 0.3 is 0 Å². The molecular weight excluding hydrogens is 200 g/mol. The molecule has 0 radical (unpaired) electrons. The summed E-state index contributed by atoms with van der Waals surface area (Å²) in [6, 6.07) is 7.95. The van der Waals surface area contributed by atoms with E-state index in [-0.39, 0.29) is 0 Å². The molecule has 1 saturated carbocycles. The van der Waals surface area contributed by atoms with Crippen molar-refractivity contribution in [3.8, 4) is 5.75 Å². The van der Waals surface area contributed by atoms with E-state index in [0.29, 0.717) is 5.92 Å². The molecule has 1 fully saturated rings. The average molecular weight is 220 g/mol. The SMILES string of the molecule is CCCC1CC1(O)Cc1ccccc1OC. The second kappa shape index (κ2) is 4.46. The van der Waals surface area contributed by atoms with Gasteiger partial charge in [0.2, 0.25) is 0 Å². The van der Waals surface area contributed by atoms with Crippen LogP contribution in [0.25, 0.3) is 0 Å². The van der Waals surface area contributed by atoms with Gasteiger partial charge in [-0.3, -0.25) is 0 Å². The van der Waals surface area contributed by atoms with Crippen LogP contribution in [0.15, 0.2) is 24.3 Å². The number of rotatable bonds is 5. The Morgan fingerprint density at radius 3 is 2.88 bits per heavy atom. The molecule has 0 aliphatic heterocycles. The topological polar surface area (TPSA) is 29.5 Å². The molecule has 0 aromatic heterocycles. The molecule has 1 aliphatic carbocycles. The summed E-state index contributed by atoms with van der Waals surface area (Å²) in [5, 5.41) is 10.3. The first-order valence-electron chi connectivity index (χ1n) is 6.04. The van der Waals surface area contributed by atoms with E-state index in [2.05, 4.69) is 6.92 Å². The monoisotopic (exact) mass is 220 g/mol. The predicted molar refractivity (Wildman–Crippen MR) is 64.7 cm³/mol. The van der Waals surface area contributed by atoms with Crippen molar-refractivity contribution >= 4 is 0 Å². The van der Waals surface area contributed by atoms with Crippen LogP contribution < -0.4 is 4.74 Å². The lowest BCUT2D eigenvalue weighted by atomic mass is 10.0. The number of ether oxygens (including phenoxy) is 1. The van der Waals surface area contributed by atoms with Crippen LogP contribution in [-0.2, 0) is 6.42 Å². The van der Waals surface area contributed by atoms with Crippen LogP contribution >= 0.6 is 0 Å². The van der Waals surface area contributed by atoms with Crippen LogP contribution in [0.3, 0.4) is 0 Å². The van der Waals surface area contributed by atoms with E-state index in [9.17, 15) is 5.11 Å². The first kappa shape index (κ1) is 11.5. The van der Waals surface area contributed by atoms with Gasteiger partial charge < -0.3 is 9.84 Å². The van der Waals surface area contributed by atoms with Crippen LogP contribution in [-0.4, -0.2) is 17.8 Å². The summed E-state index contributed by atoms with van der Waals surface area (Å²) < 4.78 is 5.30. The van der Waals surface area contributed by atoms with Gasteiger partial charge in [-0.25, -0.2) is 0 Å². The van der Waals surface area contributed by atoms with Crippen molar-refractivity contribution in [2.45, 2.75) is 38.2 Å². The Balaban J connectivity index is 2.05. The summed E-state index contributed by atoms with van der Waals surface area (Å²) in [6.45, 7) is 2.17. The molecule has 0 saturated heterocycles. The maximum Gasteiger partial charge on any atom is 0.122 e. The minimum Gasteiger partial charge on any atom is -0.496 e. The summed E-state index contributed by atoms with van der Waals surface area (Å²) >= 11 is 0. The van der Waals surface area contributed by atoms with Crippen molar-refractivity contribution < 1.29 is 9.84 Å². The molecule has 2 heteroatoms. The molecule has 0 amide bonds. The van der Waals surface area contributed by atoms with E-state index in [1.54, 1.807) is 7.11 Å². The fourth-order valence-corrected chi connectivity index (χ4v) is 2.48. The molecule has 1 N–H and O–H groups in total. The Labute approximate surface area is 97.3 Å². The maximum atomic E-state index is 10.3. The summed E-state index contributed by atoms with van der Waals surface area (Å²) in [5.41, 5.74) is 0.649. The van der Waals surface area contributed by atoms with E-state index in [1.165, 1.54) is 0 Å². The molecule has 0 spiro atoms. The molecular formula is C14H20O2. The van der Waals surface area contributed by atoms with E-state index >= 15 is 0 Å². The number of benzene rings is 1.